The topological polar surface area (TPSA) is 127 Å². The van der Waals surface area contributed by atoms with E-state index in [0.29, 0.717) is 19.3 Å². The first-order valence-electron chi connectivity index (χ1n) is 7.17. The second-order valence-electron chi connectivity index (χ2n) is 5.67. The molecule has 9 heteroatoms. The Balaban J connectivity index is 2.54. The van der Waals surface area contributed by atoms with Crippen molar-refractivity contribution in [1.82, 2.24) is 9.62 Å². The van der Waals surface area contributed by atoms with Crippen LogP contribution in [-0.4, -0.2) is 55.7 Å². The van der Waals surface area contributed by atoms with Crippen molar-refractivity contribution < 1.29 is 22.8 Å². The molecule has 0 saturated carbocycles. The van der Waals surface area contributed by atoms with Gasteiger partial charge in [-0.15, -0.1) is 0 Å². The summed E-state index contributed by atoms with van der Waals surface area (Å²) in [5.41, 5.74) is 5.12. The van der Waals surface area contributed by atoms with Gasteiger partial charge < -0.3 is 11.1 Å². The van der Waals surface area contributed by atoms with Gasteiger partial charge in [-0.2, -0.15) is 4.31 Å². The van der Waals surface area contributed by atoms with E-state index in [4.69, 9.17) is 5.73 Å². The van der Waals surface area contributed by atoms with Crippen molar-refractivity contribution in [2.45, 2.75) is 38.6 Å². The Morgan fingerprint density at radius 3 is 2.64 bits per heavy atom. The van der Waals surface area contributed by atoms with Crippen molar-refractivity contribution in [1.29, 1.82) is 0 Å². The second kappa shape index (κ2) is 7.68. The molecule has 3 N–H and O–H groups in total. The second-order valence-corrected chi connectivity index (χ2v) is 7.65. The number of primary amides is 1. The van der Waals surface area contributed by atoms with E-state index in [2.05, 4.69) is 5.32 Å². The molecule has 1 aliphatic rings. The van der Waals surface area contributed by atoms with E-state index in [9.17, 15) is 22.8 Å². The summed E-state index contributed by atoms with van der Waals surface area (Å²) in [6, 6.07) is -0.678. The molecule has 0 bridgehead atoms. The van der Waals surface area contributed by atoms with Crippen molar-refractivity contribution in [3.05, 3.63) is 0 Å². The van der Waals surface area contributed by atoms with Gasteiger partial charge in [-0.05, 0) is 19.3 Å². The minimum Gasteiger partial charge on any atom is -0.369 e. The first kappa shape index (κ1) is 18.6. The minimum atomic E-state index is -3.42. The van der Waals surface area contributed by atoms with Gasteiger partial charge in [0.2, 0.25) is 21.8 Å². The molecule has 1 fully saturated rings. The molecule has 0 aliphatic carbocycles. The number of ketones is 1. The molecule has 1 saturated heterocycles. The van der Waals surface area contributed by atoms with Crippen LogP contribution < -0.4 is 11.1 Å². The van der Waals surface area contributed by atoms with Gasteiger partial charge in [0.15, 0.2) is 5.78 Å². The molecule has 1 heterocycles. The molecule has 0 radical (unpaired) electrons. The summed E-state index contributed by atoms with van der Waals surface area (Å²) in [5, 5.41) is 2.61. The molecule has 1 aliphatic heterocycles. The molecular formula is C13H23N3O5S. The van der Waals surface area contributed by atoms with Crippen LogP contribution in [0.1, 0.15) is 32.6 Å². The molecule has 1 rings (SSSR count). The lowest BCUT2D eigenvalue weighted by Crippen LogP contribution is -2.44. The predicted octanol–water partition coefficient (Wildman–Crippen LogP) is -1.00. The van der Waals surface area contributed by atoms with Gasteiger partial charge in [-0.25, -0.2) is 8.42 Å². The normalized spacial score (nSPS) is 21.9. The number of nitrogens with zero attached hydrogens (tertiary/aromatic N) is 1. The average Bonchev–Trinajstić information content (AvgIpc) is 2.58. The zero-order valence-corrected chi connectivity index (χ0v) is 13.7. The van der Waals surface area contributed by atoms with Crippen molar-refractivity contribution >= 4 is 27.6 Å². The Kier molecular flexibility index (Phi) is 6.48. The molecule has 0 spiro atoms. The average molecular weight is 333 g/mol. The number of nitrogens with two attached hydrogens (primary N) is 1. The summed E-state index contributed by atoms with van der Waals surface area (Å²) in [5.74, 6) is -1.53. The Labute approximate surface area is 130 Å². The maximum Gasteiger partial charge on any atom is 0.220 e. The third-order valence-corrected chi connectivity index (χ3v) is 4.97. The minimum absolute atomic E-state index is 0.101. The summed E-state index contributed by atoms with van der Waals surface area (Å²) >= 11 is 0. The molecule has 126 valence electrons. The summed E-state index contributed by atoms with van der Waals surface area (Å²) in [6.07, 6.45) is 2.38. The fourth-order valence-corrected chi connectivity index (χ4v) is 3.01. The lowest BCUT2D eigenvalue weighted by molar-refractivity contribution is -0.128. The van der Waals surface area contributed by atoms with Crippen LogP contribution in [-0.2, 0) is 24.4 Å². The molecule has 2 amide bonds. The zero-order valence-electron chi connectivity index (χ0n) is 12.9. The Morgan fingerprint density at radius 1 is 1.45 bits per heavy atom. The van der Waals surface area contributed by atoms with Crippen LogP contribution in [0.25, 0.3) is 0 Å². The van der Waals surface area contributed by atoms with Crippen LogP contribution in [0.3, 0.4) is 0 Å². The smallest absolute Gasteiger partial charge is 0.220 e. The number of carbonyl (C=O) groups excluding carboxylic acids is 3. The highest BCUT2D eigenvalue weighted by Gasteiger charge is 2.29. The Hall–Kier alpha value is -1.48. The highest BCUT2D eigenvalue weighted by molar-refractivity contribution is 7.88. The molecular weight excluding hydrogens is 310 g/mol. The molecule has 2 atom stereocenters. The van der Waals surface area contributed by atoms with Crippen molar-refractivity contribution in [2.75, 3.05) is 19.3 Å². The molecule has 1 unspecified atom stereocenters. The first-order chi connectivity index (χ1) is 10.1. The Morgan fingerprint density at radius 2 is 2.09 bits per heavy atom. The number of hydrogen-bond acceptors (Lipinski definition) is 5. The fraction of sp³-hybridized carbons (Fsp3) is 0.769. The third kappa shape index (κ3) is 5.72. The van der Waals surface area contributed by atoms with Crippen LogP contribution in [0, 0.1) is 5.92 Å². The van der Waals surface area contributed by atoms with Gasteiger partial charge in [-0.3, -0.25) is 14.4 Å². The third-order valence-electron chi connectivity index (χ3n) is 3.72. The van der Waals surface area contributed by atoms with Gasteiger partial charge in [0.1, 0.15) is 0 Å². The molecule has 0 aromatic heterocycles. The molecule has 0 aromatic carbocycles. The van der Waals surface area contributed by atoms with E-state index >= 15 is 0 Å². The van der Waals surface area contributed by atoms with Gasteiger partial charge in [0.05, 0.1) is 18.8 Å². The van der Waals surface area contributed by atoms with E-state index < -0.39 is 27.9 Å². The van der Waals surface area contributed by atoms with Crippen LogP contribution in [0.5, 0.6) is 0 Å². The zero-order chi connectivity index (χ0) is 16.9. The van der Waals surface area contributed by atoms with E-state index in [1.54, 1.807) is 6.92 Å². The first-order valence-corrected chi connectivity index (χ1v) is 9.02. The highest BCUT2D eigenvalue weighted by atomic mass is 32.2. The maximum atomic E-state index is 12.1. The standard InChI is InChI=1S/C13H23N3O5S/c1-9(13(14)19)5-6-12(18)15-10-4-3-7-16(8-11(10)17)22(2,20)21/h9-10H,3-8H2,1-2H3,(H2,14,19)(H,15,18)/t9?,10-/m0/s1. The van der Waals surface area contributed by atoms with Crippen molar-refractivity contribution in [3.8, 4) is 0 Å². The Bertz CT molecular complexity index is 546. The van der Waals surface area contributed by atoms with Crippen LogP contribution in [0.4, 0.5) is 0 Å². The number of amides is 2. The fourth-order valence-electron chi connectivity index (χ4n) is 2.19. The van der Waals surface area contributed by atoms with E-state index in [1.165, 1.54) is 0 Å². The van der Waals surface area contributed by atoms with Crippen LogP contribution >= 0.6 is 0 Å². The van der Waals surface area contributed by atoms with E-state index in [1.807, 2.05) is 0 Å². The molecule has 22 heavy (non-hydrogen) atoms. The number of nitrogens with one attached hydrogen (secondary N) is 1. The summed E-state index contributed by atoms with van der Waals surface area (Å²) < 4.78 is 24.1. The number of hydrogen-bond donors (Lipinski definition) is 2. The summed E-state index contributed by atoms with van der Waals surface area (Å²) in [6.45, 7) is 1.69. The quantitative estimate of drug-likeness (QED) is 0.644. The predicted molar refractivity (Wildman–Crippen MR) is 80.2 cm³/mol. The van der Waals surface area contributed by atoms with Crippen LogP contribution in [0.2, 0.25) is 0 Å². The van der Waals surface area contributed by atoms with Gasteiger partial charge in [0, 0.05) is 18.9 Å². The maximum absolute atomic E-state index is 12.1. The largest absolute Gasteiger partial charge is 0.369 e. The highest BCUT2D eigenvalue weighted by Crippen LogP contribution is 2.12. The SMILES string of the molecule is CC(CCC(=O)N[C@H]1CCCN(S(C)(=O)=O)CC1=O)C(N)=O. The van der Waals surface area contributed by atoms with Crippen molar-refractivity contribution in [3.63, 3.8) is 0 Å². The van der Waals surface area contributed by atoms with Gasteiger partial charge in [0.25, 0.3) is 0 Å². The number of rotatable bonds is 6. The number of carbonyl (C=O) groups is 3. The molecule has 8 nitrogen and oxygen atoms in total. The number of sulfonamides is 1. The number of Topliss-reactive ketones (excluding diaryl/α,β-unsaturated/α-hetero) is 1. The van der Waals surface area contributed by atoms with E-state index in [-0.39, 0.29) is 31.2 Å². The monoisotopic (exact) mass is 333 g/mol. The van der Waals surface area contributed by atoms with Gasteiger partial charge in [-0.1, -0.05) is 6.92 Å². The summed E-state index contributed by atoms with van der Waals surface area (Å²) in [4.78, 5) is 34.8. The summed E-state index contributed by atoms with van der Waals surface area (Å²) in [7, 11) is -3.42. The van der Waals surface area contributed by atoms with Crippen LogP contribution in [0.15, 0.2) is 0 Å². The van der Waals surface area contributed by atoms with Gasteiger partial charge >= 0.3 is 0 Å². The lowest BCUT2D eigenvalue weighted by Gasteiger charge is -2.17. The van der Waals surface area contributed by atoms with Crippen molar-refractivity contribution in [2.24, 2.45) is 11.7 Å². The molecule has 0 aromatic rings. The lowest BCUT2D eigenvalue weighted by atomic mass is 10.0. The van der Waals surface area contributed by atoms with E-state index in [0.717, 1.165) is 10.6 Å².